The Morgan fingerprint density at radius 1 is 1.21 bits per heavy atom. The van der Waals surface area contributed by atoms with Crippen LogP contribution in [0.25, 0.3) is 0 Å². The SMILES string of the molecule is Cc1ccc(Cc2nc(C3CCNCC3)no2)cc1. The summed E-state index contributed by atoms with van der Waals surface area (Å²) in [6, 6.07) is 8.45. The van der Waals surface area contributed by atoms with Crippen LogP contribution in [0.2, 0.25) is 0 Å². The molecule has 1 fully saturated rings. The third-order valence-corrected chi connectivity index (χ3v) is 3.66. The molecule has 1 aromatic carbocycles. The molecule has 1 aliphatic heterocycles. The minimum absolute atomic E-state index is 0.455. The van der Waals surface area contributed by atoms with E-state index >= 15 is 0 Å². The average Bonchev–Trinajstić information content (AvgIpc) is 2.91. The molecule has 0 saturated carbocycles. The van der Waals surface area contributed by atoms with Crippen LogP contribution in [0.4, 0.5) is 0 Å². The van der Waals surface area contributed by atoms with Gasteiger partial charge in [-0.3, -0.25) is 0 Å². The second-order valence-corrected chi connectivity index (χ2v) is 5.23. The Morgan fingerprint density at radius 3 is 2.68 bits per heavy atom. The fourth-order valence-corrected chi connectivity index (χ4v) is 2.47. The molecule has 0 bridgehead atoms. The maximum absolute atomic E-state index is 5.37. The van der Waals surface area contributed by atoms with Gasteiger partial charge < -0.3 is 9.84 Å². The molecular weight excluding hydrogens is 238 g/mol. The molecule has 1 aliphatic rings. The molecule has 4 nitrogen and oxygen atoms in total. The lowest BCUT2D eigenvalue weighted by Crippen LogP contribution is -2.27. The Bertz CT molecular complexity index is 527. The first-order valence-corrected chi connectivity index (χ1v) is 6.90. The highest BCUT2D eigenvalue weighted by atomic mass is 16.5. The van der Waals surface area contributed by atoms with Crippen LogP contribution in [0.5, 0.6) is 0 Å². The van der Waals surface area contributed by atoms with Gasteiger partial charge in [0, 0.05) is 5.92 Å². The summed E-state index contributed by atoms with van der Waals surface area (Å²) in [5.74, 6) is 2.05. The molecule has 0 radical (unpaired) electrons. The van der Waals surface area contributed by atoms with Crippen LogP contribution in [0, 0.1) is 6.92 Å². The highest BCUT2D eigenvalue weighted by Crippen LogP contribution is 2.22. The minimum Gasteiger partial charge on any atom is -0.339 e. The van der Waals surface area contributed by atoms with Gasteiger partial charge in [-0.05, 0) is 38.4 Å². The molecule has 0 aliphatic carbocycles. The normalized spacial score (nSPS) is 16.7. The van der Waals surface area contributed by atoms with Gasteiger partial charge in [-0.2, -0.15) is 4.98 Å². The highest BCUT2D eigenvalue weighted by Gasteiger charge is 2.20. The highest BCUT2D eigenvalue weighted by molar-refractivity contribution is 5.23. The molecule has 1 aromatic heterocycles. The van der Waals surface area contributed by atoms with Crippen molar-refractivity contribution in [1.82, 2.24) is 15.5 Å². The van der Waals surface area contributed by atoms with E-state index in [0.29, 0.717) is 5.92 Å². The molecule has 0 unspecified atom stereocenters. The van der Waals surface area contributed by atoms with Gasteiger partial charge in [-0.15, -0.1) is 0 Å². The smallest absolute Gasteiger partial charge is 0.231 e. The zero-order valence-corrected chi connectivity index (χ0v) is 11.2. The summed E-state index contributed by atoms with van der Waals surface area (Å²) in [7, 11) is 0. The number of aryl methyl sites for hydroxylation is 1. The Balaban J connectivity index is 1.68. The van der Waals surface area contributed by atoms with E-state index in [1.165, 1.54) is 11.1 Å². The molecule has 4 heteroatoms. The Morgan fingerprint density at radius 2 is 1.95 bits per heavy atom. The van der Waals surface area contributed by atoms with E-state index in [1.54, 1.807) is 0 Å². The number of nitrogens with one attached hydrogen (secondary N) is 1. The van der Waals surface area contributed by atoms with Crippen molar-refractivity contribution in [3.8, 4) is 0 Å². The third kappa shape index (κ3) is 3.01. The molecule has 0 spiro atoms. The molecule has 2 heterocycles. The molecule has 19 heavy (non-hydrogen) atoms. The number of benzene rings is 1. The van der Waals surface area contributed by atoms with Crippen molar-refractivity contribution in [1.29, 1.82) is 0 Å². The van der Waals surface area contributed by atoms with Crippen molar-refractivity contribution in [2.75, 3.05) is 13.1 Å². The number of hydrogen-bond donors (Lipinski definition) is 1. The van der Waals surface area contributed by atoms with Gasteiger partial charge in [-0.25, -0.2) is 0 Å². The van der Waals surface area contributed by atoms with Gasteiger partial charge in [0.2, 0.25) is 5.89 Å². The van der Waals surface area contributed by atoms with E-state index in [4.69, 9.17) is 4.52 Å². The van der Waals surface area contributed by atoms with Crippen LogP contribution in [0.3, 0.4) is 0 Å². The van der Waals surface area contributed by atoms with Gasteiger partial charge in [0.15, 0.2) is 5.82 Å². The van der Waals surface area contributed by atoms with Crippen LogP contribution >= 0.6 is 0 Å². The number of aromatic nitrogens is 2. The Hall–Kier alpha value is -1.68. The van der Waals surface area contributed by atoms with Crippen molar-refractivity contribution >= 4 is 0 Å². The zero-order valence-electron chi connectivity index (χ0n) is 11.2. The summed E-state index contributed by atoms with van der Waals surface area (Å²) in [5.41, 5.74) is 2.48. The lowest BCUT2D eigenvalue weighted by atomic mass is 9.98. The minimum atomic E-state index is 0.455. The van der Waals surface area contributed by atoms with Gasteiger partial charge in [-0.1, -0.05) is 35.0 Å². The molecular formula is C15H19N3O. The van der Waals surface area contributed by atoms with Gasteiger partial charge in [0.1, 0.15) is 0 Å². The van der Waals surface area contributed by atoms with E-state index in [9.17, 15) is 0 Å². The van der Waals surface area contributed by atoms with Crippen LogP contribution in [0.15, 0.2) is 28.8 Å². The molecule has 1 saturated heterocycles. The topological polar surface area (TPSA) is 51.0 Å². The second kappa shape index (κ2) is 5.53. The van der Waals surface area contributed by atoms with Crippen molar-refractivity contribution in [2.45, 2.75) is 32.1 Å². The second-order valence-electron chi connectivity index (χ2n) is 5.23. The first-order chi connectivity index (χ1) is 9.31. The summed E-state index contributed by atoms with van der Waals surface area (Å²) in [6.45, 7) is 4.19. The molecule has 0 atom stereocenters. The van der Waals surface area contributed by atoms with Crippen LogP contribution in [-0.2, 0) is 6.42 Å². The van der Waals surface area contributed by atoms with E-state index in [2.05, 4.69) is 46.6 Å². The van der Waals surface area contributed by atoms with Gasteiger partial charge >= 0.3 is 0 Å². The van der Waals surface area contributed by atoms with Crippen LogP contribution in [0.1, 0.15) is 41.6 Å². The predicted molar refractivity (Wildman–Crippen MR) is 73.1 cm³/mol. The lowest BCUT2D eigenvalue weighted by Gasteiger charge is -2.18. The number of nitrogens with zero attached hydrogens (tertiary/aromatic N) is 2. The van der Waals surface area contributed by atoms with Crippen molar-refractivity contribution < 1.29 is 4.52 Å². The Kier molecular flexibility index (Phi) is 3.60. The van der Waals surface area contributed by atoms with Crippen molar-refractivity contribution in [2.24, 2.45) is 0 Å². The number of hydrogen-bond acceptors (Lipinski definition) is 4. The summed E-state index contributed by atoms with van der Waals surface area (Å²) >= 11 is 0. The summed E-state index contributed by atoms with van der Waals surface area (Å²) in [4.78, 5) is 4.55. The number of piperidine rings is 1. The average molecular weight is 257 g/mol. The fraction of sp³-hybridized carbons (Fsp3) is 0.467. The zero-order chi connectivity index (χ0) is 13.1. The predicted octanol–water partition coefficient (Wildman–Crippen LogP) is 2.44. The van der Waals surface area contributed by atoms with Crippen LogP contribution in [-0.4, -0.2) is 23.2 Å². The standard InChI is InChI=1S/C15H19N3O/c1-11-2-4-12(5-3-11)10-14-17-15(18-19-14)13-6-8-16-9-7-13/h2-5,13,16H,6-10H2,1H3. The van der Waals surface area contributed by atoms with E-state index < -0.39 is 0 Å². The summed E-state index contributed by atoms with van der Waals surface area (Å²) in [6.07, 6.45) is 2.92. The largest absolute Gasteiger partial charge is 0.339 e. The van der Waals surface area contributed by atoms with Gasteiger partial charge in [0.25, 0.3) is 0 Å². The number of rotatable bonds is 3. The van der Waals surface area contributed by atoms with Crippen molar-refractivity contribution in [3.63, 3.8) is 0 Å². The maximum atomic E-state index is 5.37. The quantitative estimate of drug-likeness (QED) is 0.917. The first-order valence-electron chi connectivity index (χ1n) is 6.90. The monoisotopic (exact) mass is 257 g/mol. The lowest BCUT2D eigenvalue weighted by molar-refractivity contribution is 0.365. The van der Waals surface area contributed by atoms with E-state index in [-0.39, 0.29) is 0 Å². The first kappa shape index (κ1) is 12.4. The summed E-state index contributed by atoms with van der Waals surface area (Å²) in [5, 5.41) is 7.49. The fourth-order valence-electron chi connectivity index (χ4n) is 2.47. The summed E-state index contributed by atoms with van der Waals surface area (Å²) < 4.78 is 5.37. The van der Waals surface area contributed by atoms with E-state index in [1.807, 2.05) is 0 Å². The van der Waals surface area contributed by atoms with Crippen LogP contribution < -0.4 is 5.32 Å². The molecule has 1 N–H and O–H groups in total. The maximum Gasteiger partial charge on any atom is 0.231 e. The Labute approximate surface area is 113 Å². The van der Waals surface area contributed by atoms with Crippen molar-refractivity contribution in [3.05, 3.63) is 47.1 Å². The third-order valence-electron chi connectivity index (χ3n) is 3.66. The van der Waals surface area contributed by atoms with E-state index in [0.717, 1.165) is 44.1 Å². The molecule has 2 aromatic rings. The van der Waals surface area contributed by atoms with Gasteiger partial charge in [0.05, 0.1) is 6.42 Å². The molecule has 0 amide bonds. The molecule has 100 valence electrons. The molecule has 3 rings (SSSR count).